The molecule has 0 aliphatic heterocycles. The smallest absolute Gasteiger partial charge is 0.232 e. The molecule has 4 nitrogen and oxygen atoms in total. The third-order valence-corrected chi connectivity index (χ3v) is 1.94. The van der Waals surface area contributed by atoms with Crippen molar-refractivity contribution >= 4 is 44.9 Å². The zero-order valence-electron chi connectivity index (χ0n) is 7.16. The van der Waals surface area contributed by atoms with Gasteiger partial charge in [-0.1, -0.05) is 12.2 Å². The lowest BCUT2D eigenvalue weighted by atomic mass is 10.4. The van der Waals surface area contributed by atoms with E-state index in [0.29, 0.717) is 5.82 Å². The van der Waals surface area contributed by atoms with Crippen molar-refractivity contribution in [1.29, 1.82) is 0 Å². The number of pyridine rings is 1. The fourth-order valence-corrected chi connectivity index (χ4v) is 1.16. The van der Waals surface area contributed by atoms with E-state index in [1.54, 1.807) is 18.3 Å². The molecular formula is C8H8BrN3OS. The van der Waals surface area contributed by atoms with Gasteiger partial charge in [-0.05, 0) is 28.1 Å². The Labute approximate surface area is 95.0 Å². The van der Waals surface area contributed by atoms with Crippen LogP contribution in [0, 0.1) is 0 Å². The standard InChI is InChI=1S/C8H8BrN3OS/c9-5-1-2-7(11-4-5)12-8(13)3-6(10)14/h1-2,4H,3H2,(H2,10,14)(H,11,12,13). The number of nitrogens with zero attached hydrogens (tertiary/aromatic N) is 1. The van der Waals surface area contributed by atoms with Crippen LogP contribution < -0.4 is 11.1 Å². The minimum Gasteiger partial charge on any atom is -0.393 e. The van der Waals surface area contributed by atoms with Gasteiger partial charge >= 0.3 is 0 Å². The summed E-state index contributed by atoms with van der Waals surface area (Å²) in [4.78, 5) is 15.3. The molecule has 0 aromatic carbocycles. The molecule has 0 aliphatic carbocycles. The van der Waals surface area contributed by atoms with Crippen molar-refractivity contribution in [1.82, 2.24) is 4.98 Å². The molecule has 1 amide bonds. The fraction of sp³-hybridized carbons (Fsp3) is 0.125. The Kier molecular flexibility index (Phi) is 3.97. The molecule has 0 radical (unpaired) electrons. The highest BCUT2D eigenvalue weighted by atomic mass is 79.9. The summed E-state index contributed by atoms with van der Waals surface area (Å²) in [6.07, 6.45) is 1.63. The van der Waals surface area contributed by atoms with E-state index in [9.17, 15) is 4.79 Å². The zero-order chi connectivity index (χ0) is 10.6. The maximum absolute atomic E-state index is 11.2. The number of halogens is 1. The molecule has 0 saturated carbocycles. The minimum atomic E-state index is -0.257. The van der Waals surface area contributed by atoms with Crippen LogP contribution in [-0.2, 0) is 4.79 Å². The van der Waals surface area contributed by atoms with Crippen molar-refractivity contribution in [3.8, 4) is 0 Å². The van der Waals surface area contributed by atoms with Gasteiger partial charge in [0.2, 0.25) is 5.91 Å². The summed E-state index contributed by atoms with van der Waals surface area (Å²) >= 11 is 7.83. The molecule has 74 valence electrons. The maximum atomic E-state index is 11.2. The van der Waals surface area contributed by atoms with Gasteiger partial charge in [0.1, 0.15) is 5.82 Å². The summed E-state index contributed by atoms with van der Waals surface area (Å²) in [6.45, 7) is 0. The largest absolute Gasteiger partial charge is 0.393 e. The topological polar surface area (TPSA) is 68.0 Å². The SMILES string of the molecule is NC(=S)CC(=O)Nc1ccc(Br)cn1. The first kappa shape index (κ1) is 11.1. The lowest BCUT2D eigenvalue weighted by molar-refractivity contribution is -0.115. The Morgan fingerprint density at radius 3 is 2.86 bits per heavy atom. The normalized spacial score (nSPS) is 9.50. The second-order valence-corrected chi connectivity index (χ2v) is 3.99. The van der Waals surface area contributed by atoms with Crippen LogP contribution in [-0.4, -0.2) is 15.9 Å². The van der Waals surface area contributed by atoms with Crippen LogP contribution >= 0.6 is 28.1 Å². The summed E-state index contributed by atoms with van der Waals surface area (Å²) in [6, 6.07) is 3.46. The molecule has 0 unspecified atom stereocenters. The lowest BCUT2D eigenvalue weighted by Gasteiger charge is -2.02. The van der Waals surface area contributed by atoms with Crippen molar-refractivity contribution in [3.63, 3.8) is 0 Å². The van der Waals surface area contributed by atoms with E-state index in [1.807, 2.05) is 0 Å². The number of carbonyl (C=O) groups excluding carboxylic acids is 1. The summed E-state index contributed by atoms with van der Waals surface area (Å²) in [5.41, 5.74) is 5.21. The molecule has 14 heavy (non-hydrogen) atoms. The van der Waals surface area contributed by atoms with Gasteiger partial charge in [0.05, 0.1) is 11.4 Å². The van der Waals surface area contributed by atoms with Gasteiger partial charge in [-0.25, -0.2) is 4.98 Å². The third-order valence-electron chi connectivity index (χ3n) is 1.33. The van der Waals surface area contributed by atoms with Gasteiger partial charge in [-0.3, -0.25) is 4.79 Å². The molecule has 1 aromatic heterocycles. The van der Waals surface area contributed by atoms with E-state index in [1.165, 1.54) is 0 Å². The summed E-state index contributed by atoms with van der Waals surface area (Å²) in [5.74, 6) is 0.224. The van der Waals surface area contributed by atoms with Crippen molar-refractivity contribution < 1.29 is 4.79 Å². The van der Waals surface area contributed by atoms with Gasteiger partial charge in [-0.2, -0.15) is 0 Å². The van der Waals surface area contributed by atoms with Gasteiger partial charge < -0.3 is 11.1 Å². The second kappa shape index (κ2) is 5.02. The maximum Gasteiger partial charge on any atom is 0.232 e. The summed E-state index contributed by atoms with van der Waals surface area (Å²) in [7, 11) is 0. The van der Waals surface area contributed by atoms with Crippen LogP contribution in [0.25, 0.3) is 0 Å². The van der Waals surface area contributed by atoms with Crippen LogP contribution in [0.15, 0.2) is 22.8 Å². The molecule has 1 aromatic rings. The number of hydrogen-bond acceptors (Lipinski definition) is 3. The van der Waals surface area contributed by atoms with Gasteiger partial charge in [0.15, 0.2) is 0 Å². The molecule has 0 fully saturated rings. The minimum absolute atomic E-state index is 0.0348. The number of rotatable bonds is 3. The van der Waals surface area contributed by atoms with Crippen molar-refractivity contribution in [2.75, 3.05) is 5.32 Å². The van der Waals surface area contributed by atoms with Crippen LogP contribution in [0.1, 0.15) is 6.42 Å². The van der Waals surface area contributed by atoms with E-state index in [0.717, 1.165) is 4.47 Å². The highest BCUT2D eigenvalue weighted by Gasteiger charge is 2.03. The highest BCUT2D eigenvalue weighted by Crippen LogP contribution is 2.10. The zero-order valence-corrected chi connectivity index (χ0v) is 9.56. The second-order valence-electron chi connectivity index (χ2n) is 2.55. The van der Waals surface area contributed by atoms with Crippen LogP contribution in [0.3, 0.4) is 0 Å². The number of nitrogens with two attached hydrogens (primary N) is 1. The van der Waals surface area contributed by atoms with Crippen LogP contribution in [0.4, 0.5) is 5.82 Å². The number of amides is 1. The average molecular weight is 274 g/mol. The quantitative estimate of drug-likeness (QED) is 0.819. The first-order valence-electron chi connectivity index (χ1n) is 3.77. The van der Waals surface area contributed by atoms with Crippen LogP contribution in [0.2, 0.25) is 0 Å². The highest BCUT2D eigenvalue weighted by molar-refractivity contribution is 9.10. The number of anilines is 1. The van der Waals surface area contributed by atoms with E-state index in [4.69, 9.17) is 5.73 Å². The van der Waals surface area contributed by atoms with E-state index < -0.39 is 0 Å². The van der Waals surface area contributed by atoms with Gasteiger partial charge in [0.25, 0.3) is 0 Å². The number of thiocarbonyl (C=S) groups is 1. The Hall–Kier alpha value is -1.01. The summed E-state index contributed by atoms with van der Waals surface area (Å²) < 4.78 is 0.852. The van der Waals surface area contributed by atoms with Crippen LogP contribution in [0.5, 0.6) is 0 Å². The first-order chi connectivity index (χ1) is 6.58. The Balaban J connectivity index is 2.56. The fourth-order valence-electron chi connectivity index (χ4n) is 0.795. The molecule has 1 heterocycles. The average Bonchev–Trinajstić information content (AvgIpc) is 2.07. The number of carbonyl (C=O) groups is 1. The lowest BCUT2D eigenvalue weighted by Crippen LogP contribution is -2.20. The Bertz CT molecular complexity index is 352. The van der Waals surface area contributed by atoms with Gasteiger partial charge in [0, 0.05) is 10.7 Å². The van der Waals surface area contributed by atoms with Crippen molar-refractivity contribution in [2.45, 2.75) is 6.42 Å². The molecular weight excluding hydrogens is 266 g/mol. The van der Waals surface area contributed by atoms with E-state index in [-0.39, 0.29) is 17.3 Å². The number of hydrogen-bond donors (Lipinski definition) is 2. The van der Waals surface area contributed by atoms with Crippen molar-refractivity contribution in [3.05, 3.63) is 22.8 Å². The monoisotopic (exact) mass is 273 g/mol. The molecule has 0 spiro atoms. The molecule has 0 bridgehead atoms. The molecule has 0 atom stereocenters. The van der Waals surface area contributed by atoms with E-state index >= 15 is 0 Å². The molecule has 6 heteroatoms. The number of nitrogens with one attached hydrogen (secondary N) is 1. The van der Waals surface area contributed by atoms with Crippen molar-refractivity contribution in [2.24, 2.45) is 5.73 Å². The summed E-state index contributed by atoms with van der Waals surface area (Å²) in [5, 5.41) is 2.56. The van der Waals surface area contributed by atoms with E-state index in [2.05, 4.69) is 38.4 Å². The predicted octanol–water partition coefficient (Wildman–Crippen LogP) is 1.46. The Morgan fingerprint density at radius 1 is 1.64 bits per heavy atom. The molecule has 3 N–H and O–H groups in total. The number of aromatic nitrogens is 1. The molecule has 0 saturated heterocycles. The predicted molar refractivity (Wildman–Crippen MR) is 62.0 cm³/mol. The molecule has 0 aliphatic rings. The first-order valence-corrected chi connectivity index (χ1v) is 4.98. The Morgan fingerprint density at radius 2 is 2.36 bits per heavy atom. The molecule has 1 rings (SSSR count). The third kappa shape index (κ3) is 3.80. The van der Waals surface area contributed by atoms with Gasteiger partial charge in [-0.15, -0.1) is 0 Å².